The molecule has 60 valence electrons. The SMILES string of the molecule is Cc1ccc(/C(F)=C(\F)Cl)s1. The smallest absolute Gasteiger partial charge is 0.201 e. The maximum Gasteiger partial charge on any atom is 0.226 e. The second kappa shape index (κ2) is 3.32. The molecule has 0 atom stereocenters. The molecule has 0 fully saturated rings. The molecule has 0 N–H and O–H groups in total. The van der Waals surface area contributed by atoms with Crippen LogP contribution in [0.3, 0.4) is 0 Å². The third-order valence-corrected chi connectivity index (χ3v) is 2.28. The van der Waals surface area contributed by atoms with Crippen LogP contribution in [0.1, 0.15) is 9.75 Å². The van der Waals surface area contributed by atoms with Gasteiger partial charge in [0.25, 0.3) is 0 Å². The van der Waals surface area contributed by atoms with Gasteiger partial charge in [-0.05, 0) is 30.7 Å². The lowest BCUT2D eigenvalue weighted by Crippen LogP contribution is -1.68. The monoisotopic (exact) mass is 194 g/mol. The van der Waals surface area contributed by atoms with Crippen molar-refractivity contribution in [2.75, 3.05) is 0 Å². The lowest BCUT2D eigenvalue weighted by molar-refractivity contribution is 0.652. The molecule has 0 aromatic carbocycles. The fourth-order valence-electron chi connectivity index (χ4n) is 0.646. The van der Waals surface area contributed by atoms with Crippen LogP contribution in [-0.2, 0) is 0 Å². The first-order valence-corrected chi connectivity index (χ1v) is 4.08. The van der Waals surface area contributed by atoms with Crippen LogP contribution in [0.5, 0.6) is 0 Å². The molecule has 0 spiro atoms. The van der Waals surface area contributed by atoms with Gasteiger partial charge in [0.2, 0.25) is 5.29 Å². The summed E-state index contributed by atoms with van der Waals surface area (Å²) in [5.41, 5.74) is 0. The van der Waals surface area contributed by atoms with E-state index in [2.05, 4.69) is 0 Å². The Bertz CT molecular complexity index is 286. The highest BCUT2D eigenvalue weighted by Gasteiger charge is 2.07. The molecule has 1 rings (SSSR count). The topological polar surface area (TPSA) is 0 Å². The number of halogens is 3. The Morgan fingerprint density at radius 3 is 2.45 bits per heavy atom. The summed E-state index contributed by atoms with van der Waals surface area (Å²) in [6.45, 7) is 1.81. The van der Waals surface area contributed by atoms with Crippen LogP contribution in [0.25, 0.3) is 5.83 Å². The van der Waals surface area contributed by atoms with E-state index in [0.717, 1.165) is 4.88 Å². The van der Waals surface area contributed by atoms with Crippen LogP contribution in [-0.4, -0.2) is 0 Å². The second-order valence-corrected chi connectivity index (χ2v) is 3.60. The quantitative estimate of drug-likeness (QED) is 0.637. The fourth-order valence-corrected chi connectivity index (χ4v) is 1.60. The zero-order chi connectivity index (χ0) is 8.43. The molecule has 1 aromatic rings. The van der Waals surface area contributed by atoms with Crippen molar-refractivity contribution in [1.29, 1.82) is 0 Å². The van der Waals surface area contributed by atoms with E-state index in [1.54, 1.807) is 6.07 Å². The molecule has 0 aliphatic rings. The summed E-state index contributed by atoms with van der Waals surface area (Å²) in [6.07, 6.45) is 0. The van der Waals surface area contributed by atoms with Gasteiger partial charge in [-0.15, -0.1) is 11.3 Å². The molecule has 1 aromatic heterocycles. The van der Waals surface area contributed by atoms with Gasteiger partial charge in [-0.25, -0.2) is 4.39 Å². The summed E-state index contributed by atoms with van der Waals surface area (Å²) in [4.78, 5) is 1.16. The molecule has 0 amide bonds. The number of aryl methyl sites for hydroxylation is 1. The third kappa shape index (κ3) is 2.01. The number of rotatable bonds is 1. The number of thiophene rings is 1. The Kier molecular flexibility index (Phi) is 2.62. The van der Waals surface area contributed by atoms with Gasteiger partial charge in [0, 0.05) is 4.88 Å². The molecular weight excluding hydrogens is 190 g/mol. The maximum atomic E-state index is 12.7. The van der Waals surface area contributed by atoms with Gasteiger partial charge >= 0.3 is 0 Å². The zero-order valence-electron chi connectivity index (χ0n) is 5.70. The molecule has 0 saturated carbocycles. The van der Waals surface area contributed by atoms with E-state index in [0.29, 0.717) is 0 Å². The van der Waals surface area contributed by atoms with E-state index < -0.39 is 11.1 Å². The van der Waals surface area contributed by atoms with Gasteiger partial charge < -0.3 is 0 Å². The van der Waals surface area contributed by atoms with Crippen LogP contribution in [0.2, 0.25) is 0 Å². The van der Waals surface area contributed by atoms with Gasteiger partial charge in [-0.1, -0.05) is 0 Å². The van der Waals surface area contributed by atoms with Gasteiger partial charge in [0.15, 0.2) is 5.83 Å². The van der Waals surface area contributed by atoms with E-state index in [1.807, 2.05) is 6.92 Å². The zero-order valence-corrected chi connectivity index (χ0v) is 7.27. The van der Waals surface area contributed by atoms with Crippen molar-refractivity contribution in [3.63, 3.8) is 0 Å². The number of hydrogen-bond acceptors (Lipinski definition) is 1. The van der Waals surface area contributed by atoms with Crippen molar-refractivity contribution in [2.45, 2.75) is 6.92 Å². The molecule has 0 aliphatic heterocycles. The number of hydrogen-bond donors (Lipinski definition) is 0. The minimum Gasteiger partial charge on any atom is -0.201 e. The average molecular weight is 195 g/mol. The molecule has 0 bridgehead atoms. The highest BCUT2D eigenvalue weighted by atomic mass is 35.5. The van der Waals surface area contributed by atoms with Crippen molar-refractivity contribution < 1.29 is 8.78 Å². The molecule has 0 unspecified atom stereocenters. The van der Waals surface area contributed by atoms with Crippen LogP contribution in [0.15, 0.2) is 17.4 Å². The van der Waals surface area contributed by atoms with Crippen LogP contribution < -0.4 is 0 Å². The van der Waals surface area contributed by atoms with Crippen LogP contribution in [0, 0.1) is 6.92 Å². The lowest BCUT2D eigenvalue weighted by atomic mass is 10.4. The summed E-state index contributed by atoms with van der Waals surface area (Å²) < 4.78 is 24.7. The lowest BCUT2D eigenvalue weighted by Gasteiger charge is -1.88. The van der Waals surface area contributed by atoms with Crippen molar-refractivity contribution in [1.82, 2.24) is 0 Å². The Balaban J connectivity index is 3.03. The van der Waals surface area contributed by atoms with Gasteiger partial charge in [0.1, 0.15) is 0 Å². The van der Waals surface area contributed by atoms with E-state index in [9.17, 15) is 8.78 Å². The standard InChI is InChI=1S/C7H5ClF2S/c1-4-2-3-5(11-4)6(9)7(8)10/h2-3H,1H3/b7-6+. The van der Waals surface area contributed by atoms with Crippen molar-refractivity contribution >= 4 is 28.8 Å². The average Bonchev–Trinajstić information content (AvgIpc) is 2.34. The Morgan fingerprint density at radius 2 is 2.09 bits per heavy atom. The summed E-state index contributed by atoms with van der Waals surface area (Å²) in [5, 5.41) is -1.29. The Hall–Kier alpha value is -0.410. The van der Waals surface area contributed by atoms with Crippen molar-refractivity contribution in [3.05, 3.63) is 27.2 Å². The Morgan fingerprint density at radius 1 is 1.45 bits per heavy atom. The molecular formula is C7H5ClF2S. The van der Waals surface area contributed by atoms with Crippen molar-refractivity contribution in [2.24, 2.45) is 0 Å². The Labute approximate surface area is 72.1 Å². The molecule has 11 heavy (non-hydrogen) atoms. The van der Waals surface area contributed by atoms with Crippen LogP contribution >= 0.6 is 22.9 Å². The highest BCUT2D eigenvalue weighted by molar-refractivity contribution is 7.13. The molecule has 0 radical (unpaired) electrons. The minimum absolute atomic E-state index is 0.231. The third-order valence-electron chi connectivity index (χ3n) is 1.12. The molecule has 4 heteroatoms. The maximum absolute atomic E-state index is 12.7. The van der Waals surface area contributed by atoms with E-state index in [-0.39, 0.29) is 4.88 Å². The van der Waals surface area contributed by atoms with Gasteiger partial charge in [-0.2, -0.15) is 4.39 Å². The minimum atomic E-state index is -1.29. The molecule has 0 saturated heterocycles. The van der Waals surface area contributed by atoms with Gasteiger partial charge in [-0.3, -0.25) is 0 Å². The van der Waals surface area contributed by atoms with E-state index in [4.69, 9.17) is 11.6 Å². The summed E-state index contributed by atoms with van der Waals surface area (Å²) >= 11 is 5.98. The first-order valence-electron chi connectivity index (χ1n) is 2.89. The predicted octanol–water partition coefficient (Wildman–Crippen LogP) is 3.86. The fraction of sp³-hybridized carbons (Fsp3) is 0.143. The first-order chi connectivity index (χ1) is 5.11. The largest absolute Gasteiger partial charge is 0.226 e. The normalized spacial score (nSPS) is 13.1. The molecule has 0 aliphatic carbocycles. The summed E-state index contributed by atoms with van der Waals surface area (Å²) in [7, 11) is 0. The van der Waals surface area contributed by atoms with Crippen molar-refractivity contribution in [3.8, 4) is 0 Å². The highest BCUT2D eigenvalue weighted by Crippen LogP contribution is 2.29. The van der Waals surface area contributed by atoms with E-state index in [1.165, 1.54) is 17.4 Å². The summed E-state index contributed by atoms with van der Waals surface area (Å²) in [6, 6.07) is 3.21. The second-order valence-electron chi connectivity index (χ2n) is 1.98. The van der Waals surface area contributed by atoms with Crippen LogP contribution in [0.4, 0.5) is 8.78 Å². The molecule has 0 nitrogen and oxygen atoms in total. The predicted molar refractivity (Wildman–Crippen MR) is 44.0 cm³/mol. The summed E-state index contributed by atoms with van der Waals surface area (Å²) in [5.74, 6) is -0.982. The van der Waals surface area contributed by atoms with Gasteiger partial charge in [0.05, 0.1) is 4.88 Å². The van der Waals surface area contributed by atoms with E-state index >= 15 is 0 Å². The first kappa shape index (κ1) is 8.68. The molecule has 1 heterocycles.